The van der Waals surface area contributed by atoms with Crippen molar-refractivity contribution < 1.29 is 18.7 Å². The monoisotopic (exact) mass is 395 g/mol. The Balaban J connectivity index is 1.36. The van der Waals surface area contributed by atoms with Gasteiger partial charge in [-0.2, -0.15) is 0 Å². The molecule has 1 aromatic heterocycles. The number of nitrogens with zero attached hydrogens (tertiary/aromatic N) is 2. The van der Waals surface area contributed by atoms with Gasteiger partial charge in [-0.05, 0) is 44.1 Å². The van der Waals surface area contributed by atoms with E-state index in [-0.39, 0.29) is 12.0 Å². The van der Waals surface area contributed by atoms with Crippen molar-refractivity contribution in [3.63, 3.8) is 0 Å². The van der Waals surface area contributed by atoms with Crippen molar-refractivity contribution in [3.8, 4) is 11.3 Å². The Morgan fingerprint density at radius 3 is 2.76 bits per heavy atom. The summed E-state index contributed by atoms with van der Waals surface area (Å²) in [5.41, 5.74) is 1.15. The number of amides is 2. The van der Waals surface area contributed by atoms with Gasteiger partial charge in [-0.25, -0.2) is 9.69 Å². The zero-order valence-electron chi connectivity index (χ0n) is 16.5. The summed E-state index contributed by atoms with van der Waals surface area (Å²) in [4.78, 5) is 28.3. The first-order valence-corrected chi connectivity index (χ1v) is 10.3. The molecule has 5 heterocycles. The first kappa shape index (κ1) is 18.2. The van der Waals surface area contributed by atoms with Crippen molar-refractivity contribution in [1.82, 2.24) is 4.90 Å². The van der Waals surface area contributed by atoms with Crippen LogP contribution in [0, 0.1) is 5.92 Å². The average Bonchev–Trinajstić information content (AvgIpc) is 3.34. The minimum Gasteiger partial charge on any atom is -0.440 e. The molecule has 1 aromatic carbocycles. The van der Waals surface area contributed by atoms with Crippen molar-refractivity contribution in [1.29, 1.82) is 0 Å². The predicted octanol–water partition coefficient (Wildman–Crippen LogP) is 3.72. The molecule has 0 radical (unpaired) electrons. The van der Waals surface area contributed by atoms with Gasteiger partial charge >= 0.3 is 6.09 Å². The second-order valence-corrected chi connectivity index (χ2v) is 8.19. The molecule has 2 aromatic rings. The predicted molar refractivity (Wildman–Crippen MR) is 109 cm³/mol. The van der Waals surface area contributed by atoms with Gasteiger partial charge in [0.15, 0.2) is 0 Å². The summed E-state index contributed by atoms with van der Waals surface area (Å²) in [7, 11) is 0. The maximum Gasteiger partial charge on any atom is 0.417 e. The molecule has 7 heteroatoms. The van der Waals surface area contributed by atoms with E-state index in [9.17, 15) is 9.59 Å². The lowest BCUT2D eigenvalue weighted by atomic mass is 9.75. The van der Waals surface area contributed by atoms with Gasteiger partial charge in [0.2, 0.25) is 11.8 Å². The zero-order valence-corrected chi connectivity index (χ0v) is 16.5. The Labute approximate surface area is 169 Å². The Morgan fingerprint density at radius 1 is 1.21 bits per heavy atom. The molecule has 4 saturated heterocycles. The lowest BCUT2D eigenvalue weighted by Gasteiger charge is -2.49. The maximum absolute atomic E-state index is 12.7. The van der Waals surface area contributed by atoms with Crippen LogP contribution < -0.4 is 10.2 Å². The number of rotatable bonds is 4. The second-order valence-electron chi connectivity index (χ2n) is 8.19. The van der Waals surface area contributed by atoms with E-state index in [0.29, 0.717) is 30.5 Å². The Kier molecular flexibility index (Phi) is 4.35. The summed E-state index contributed by atoms with van der Waals surface area (Å²) < 4.78 is 11.9. The highest BCUT2D eigenvalue weighted by Gasteiger charge is 2.56. The topological polar surface area (TPSA) is 75.0 Å². The van der Waals surface area contributed by atoms with Crippen LogP contribution in [0.15, 0.2) is 40.8 Å². The van der Waals surface area contributed by atoms with E-state index in [2.05, 4.69) is 10.2 Å². The van der Waals surface area contributed by atoms with Crippen molar-refractivity contribution in [2.75, 3.05) is 36.4 Å². The largest absolute Gasteiger partial charge is 0.440 e. The molecule has 6 rings (SSSR count). The van der Waals surface area contributed by atoms with Gasteiger partial charge < -0.3 is 14.5 Å². The molecular weight excluding hydrogens is 370 g/mol. The SMILES string of the molecule is CCC(=O)Nc1cccc(-c2ccc(N3C[C@@]4(CN5CCC4CC5)OC3=O)o2)c1. The first-order chi connectivity index (χ1) is 14.1. The highest BCUT2D eigenvalue weighted by atomic mass is 16.6. The third-order valence-corrected chi connectivity index (χ3v) is 6.37. The standard InChI is InChI=1S/C22H25N3O4/c1-2-19(26)23-17-5-3-4-15(12-17)18-6-7-20(28-18)25-14-22(29-21(25)27)13-24-10-8-16(22)9-11-24/h3-7,12,16H,2,8-11,13-14H2,1H3,(H,23,26)/t22-/m1/s1. The maximum atomic E-state index is 12.7. The third kappa shape index (κ3) is 3.19. The van der Waals surface area contributed by atoms with E-state index < -0.39 is 5.60 Å². The minimum absolute atomic E-state index is 0.0371. The van der Waals surface area contributed by atoms with Crippen LogP contribution in [0.3, 0.4) is 0 Å². The van der Waals surface area contributed by atoms with Crippen LogP contribution in [0.25, 0.3) is 11.3 Å². The van der Waals surface area contributed by atoms with Crippen LogP contribution in [0.2, 0.25) is 0 Å². The van der Waals surface area contributed by atoms with E-state index in [4.69, 9.17) is 9.15 Å². The molecule has 7 nitrogen and oxygen atoms in total. The highest BCUT2D eigenvalue weighted by molar-refractivity contribution is 5.91. The van der Waals surface area contributed by atoms with Gasteiger partial charge in [0.25, 0.3) is 0 Å². The van der Waals surface area contributed by atoms with Crippen LogP contribution in [-0.2, 0) is 9.53 Å². The normalized spacial score (nSPS) is 28.0. The molecule has 2 amide bonds. The van der Waals surface area contributed by atoms with Gasteiger partial charge in [0, 0.05) is 36.2 Å². The second kappa shape index (κ2) is 6.91. The summed E-state index contributed by atoms with van der Waals surface area (Å²) >= 11 is 0. The number of hydrogen-bond acceptors (Lipinski definition) is 5. The molecule has 0 aliphatic carbocycles. The van der Waals surface area contributed by atoms with Crippen LogP contribution in [0.1, 0.15) is 26.2 Å². The summed E-state index contributed by atoms with van der Waals surface area (Å²) in [6.07, 6.45) is 2.26. The number of carbonyl (C=O) groups is 2. The molecule has 1 spiro atoms. The zero-order chi connectivity index (χ0) is 20.0. The fourth-order valence-corrected chi connectivity index (χ4v) is 4.81. The minimum atomic E-state index is -0.412. The van der Waals surface area contributed by atoms with Crippen molar-refractivity contribution in [3.05, 3.63) is 36.4 Å². The third-order valence-electron chi connectivity index (χ3n) is 6.37. The Morgan fingerprint density at radius 2 is 2.03 bits per heavy atom. The quantitative estimate of drug-likeness (QED) is 0.854. The summed E-state index contributed by atoms with van der Waals surface area (Å²) in [5, 5.41) is 2.86. The fourth-order valence-electron chi connectivity index (χ4n) is 4.81. The highest BCUT2D eigenvalue weighted by Crippen LogP contribution is 2.43. The number of benzene rings is 1. The van der Waals surface area contributed by atoms with E-state index in [1.54, 1.807) is 4.90 Å². The van der Waals surface area contributed by atoms with Gasteiger partial charge in [-0.1, -0.05) is 19.1 Å². The average molecular weight is 395 g/mol. The molecule has 29 heavy (non-hydrogen) atoms. The summed E-state index contributed by atoms with van der Waals surface area (Å²) in [6, 6.07) is 11.2. The number of carbonyl (C=O) groups excluding carboxylic acids is 2. The Hall–Kier alpha value is -2.80. The fraction of sp³-hybridized carbons (Fsp3) is 0.455. The van der Waals surface area contributed by atoms with Gasteiger partial charge in [-0.3, -0.25) is 9.69 Å². The van der Waals surface area contributed by atoms with Gasteiger partial charge in [0.1, 0.15) is 11.4 Å². The summed E-state index contributed by atoms with van der Waals surface area (Å²) in [5.74, 6) is 1.54. The lowest BCUT2D eigenvalue weighted by Crippen LogP contribution is -2.61. The molecular formula is C22H25N3O4. The number of hydrogen-bond donors (Lipinski definition) is 1. The molecule has 152 valence electrons. The molecule has 0 unspecified atom stereocenters. The number of anilines is 2. The van der Waals surface area contributed by atoms with Crippen LogP contribution in [-0.4, -0.2) is 48.7 Å². The number of piperidine rings is 3. The molecule has 4 aliphatic rings. The number of furan rings is 1. The number of nitrogens with one attached hydrogen (secondary N) is 1. The molecule has 2 bridgehead atoms. The lowest BCUT2D eigenvalue weighted by molar-refractivity contribution is -0.115. The Bertz CT molecular complexity index is 947. The van der Waals surface area contributed by atoms with E-state index >= 15 is 0 Å². The van der Waals surface area contributed by atoms with Crippen LogP contribution in [0.4, 0.5) is 16.4 Å². The van der Waals surface area contributed by atoms with Crippen LogP contribution >= 0.6 is 0 Å². The van der Waals surface area contributed by atoms with Gasteiger partial charge in [0.05, 0.1) is 6.54 Å². The van der Waals surface area contributed by atoms with Crippen LogP contribution in [0.5, 0.6) is 0 Å². The van der Waals surface area contributed by atoms with Gasteiger partial charge in [-0.15, -0.1) is 0 Å². The van der Waals surface area contributed by atoms with E-state index in [0.717, 1.165) is 43.7 Å². The van der Waals surface area contributed by atoms with Crippen molar-refractivity contribution in [2.24, 2.45) is 5.92 Å². The summed E-state index contributed by atoms with van der Waals surface area (Å²) in [6.45, 7) is 5.35. The first-order valence-electron chi connectivity index (χ1n) is 10.3. The smallest absolute Gasteiger partial charge is 0.417 e. The molecule has 4 fully saturated rings. The van der Waals surface area contributed by atoms with Crippen molar-refractivity contribution in [2.45, 2.75) is 31.8 Å². The number of fused-ring (bicyclic) bond motifs is 2. The molecule has 1 atom stereocenters. The van der Waals surface area contributed by atoms with E-state index in [1.165, 1.54) is 0 Å². The molecule has 0 saturated carbocycles. The molecule has 4 aliphatic heterocycles. The van der Waals surface area contributed by atoms with Crippen molar-refractivity contribution >= 4 is 23.6 Å². The van der Waals surface area contributed by atoms with E-state index in [1.807, 2.05) is 43.3 Å². The number of ether oxygens (including phenoxy) is 1. The molecule has 1 N–H and O–H groups in total.